The van der Waals surface area contributed by atoms with Crippen molar-refractivity contribution in [3.63, 3.8) is 0 Å². The molecule has 0 aliphatic heterocycles. The van der Waals surface area contributed by atoms with E-state index in [0.717, 1.165) is 8.45 Å². The zero-order valence-electron chi connectivity index (χ0n) is 11.6. The van der Waals surface area contributed by atoms with E-state index in [-0.39, 0.29) is 11.5 Å². The van der Waals surface area contributed by atoms with Gasteiger partial charge in [0.2, 0.25) is 0 Å². The van der Waals surface area contributed by atoms with Crippen molar-refractivity contribution in [2.75, 3.05) is 5.32 Å². The van der Waals surface area contributed by atoms with Gasteiger partial charge in [-0.05, 0) is 46.2 Å². The molecule has 0 bridgehead atoms. The van der Waals surface area contributed by atoms with Crippen LogP contribution in [-0.2, 0) is 0 Å². The molecule has 3 aromatic rings. The maximum Gasteiger partial charge on any atom is 0.339 e. The number of carbonyl (C=O) groups excluding carboxylic acids is 1. The summed E-state index contributed by atoms with van der Waals surface area (Å²) < 4.78 is 0.814. The SMILES string of the molecule is O=C(Nc1scc(-c2cccs2)c1C(=O)O)c1ccccc1I. The van der Waals surface area contributed by atoms with Crippen LogP contribution in [0.25, 0.3) is 10.4 Å². The normalized spacial score (nSPS) is 10.5. The highest BCUT2D eigenvalue weighted by Crippen LogP contribution is 2.37. The fourth-order valence-corrected chi connectivity index (χ4v) is 4.49. The Kier molecular flexibility index (Phi) is 4.79. The van der Waals surface area contributed by atoms with Crippen LogP contribution in [0.4, 0.5) is 5.00 Å². The van der Waals surface area contributed by atoms with Gasteiger partial charge in [-0.3, -0.25) is 4.79 Å². The second-order valence-corrected chi connectivity index (χ2v) is 7.56. The molecule has 3 rings (SSSR count). The van der Waals surface area contributed by atoms with Crippen molar-refractivity contribution in [3.05, 3.63) is 61.9 Å². The Morgan fingerprint density at radius 3 is 2.52 bits per heavy atom. The lowest BCUT2D eigenvalue weighted by Crippen LogP contribution is -2.14. The van der Waals surface area contributed by atoms with Crippen LogP contribution in [0, 0.1) is 3.57 Å². The Labute approximate surface area is 153 Å². The van der Waals surface area contributed by atoms with E-state index < -0.39 is 5.97 Å². The number of halogens is 1. The summed E-state index contributed by atoms with van der Waals surface area (Å²) in [6, 6.07) is 10.9. The summed E-state index contributed by atoms with van der Waals surface area (Å²) in [4.78, 5) is 24.9. The molecule has 0 spiro atoms. The van der Waals surface area contributed by atoms with E-state index >= 15 is 0 Å². The van der Waals surface area contributed by atoms with Gasteiger partial charge in [0, 0.05) is 19.4 Å². The van der Waals surface area contributed by atoms with Crippen LogP contribution in [0.2, 0.25) is 0 Å². The second kappa shape index (κ2) is 6.81. The summed E-state index contributed by atoms with van der Waals surface area (Å²) in [6.07, 6.45) is 0. The van der Waals surface area contributed by atoms with E-state index in [9.17, 15) is 14.7 Å². The Bertz CT molecular complexity index is 871. The lowest BCUT2D eigenvalue weighted by molar-refractivity contribution is 0.0699. The van der Waals surface area contributed by atoms with Crippen molar-refractivity contribution >= 4 is 62.1 Å². The number of aromatic carboxylic acids is 1. The first kappa shape index (κ1) is 16.2. The van der Waals surface area contributed by atoms with E-state index in [2.05, 4.69) is 27.9 Å². The molecule has 0 fully saturated rings. The van der Waals surface area contributed by atoms with E-state index in [1.807, 2.05) is 29.6 Å². The average molecular weight is 455 g/mol. The first-order valence-electron chi connectivity index (χ1n) is 6.52. The molecule has 0 atom stereocenters. The lowest BCUT2D eigenvalue weighted by atomic mass is 10.1. The predicted molar refractivity (Wildman–Crippen MR) is 102 cm³/mol. The first-order chi connectivity index (χ1) is 11.1. The molecule has 1 aromatic carbocycles. The van der Waals surface area contributed by atoms with Crippen molar-refractivity contribution in [3.8, 4) is 10.4 Å². The number of carbonyl (C=O) groups is 2. The number of amides is 1. The van der Waals surface area contributed by atoms with Gasteiger partial charge < -0.3 is 10.4 Å². The first-order valence-corrected chi connectivity index (χ1v) is 9.36. The van der Waals surface area contributed by atoms with Crippen molar-refractivity contribution in [2.24, 2.45) is 0 Å². The zero-order chi connectivity index (χ0) is 16.4. The van der Waals surface area contributed by atoms with Crippen molar-refractivity contribution in [1.29, 1.82) is 0 Å². The highest BCUT2D eigenvalue weighted by atomic mass is 127. The molecule has 0 unspecified atom stereocenters. The smallest absolute Gasteiger partial charge is 0.339 e. The van der Waals surface area contributed by atoms with E-state index in [0.29, 0.717) is 16.1 Å². The highest BCUT2D eigenvalue weighted by molar-refractivity contribution is 14.1. The van der Waals surface area contributed by atoms with Gasteiger partial charge in [-0.2, -0.15) is 0 Å². The van der Waals surface area contributed by atoms with E-state index in [1.54, 1.807) is 17.5 Å². The van der Waals surface area contributed by atoms with Gasteiger partial charge in [0.05, 0.1) is 5.56 Å². The summed E-state index contributed by atoms with van der Waals surface area (Å²) in [6.45, 7) is 0. The topological polar surface area (TPSA) is 66.4 Å². The molecule has 116 valence electrons. The molecule has 2 heterocycles. The van der Waals surface area contributed by atoms with Gasteiger partial charge in [-0.25, -0.2) is 4.79 Å². The summed E-state index contributed by atoms with van der Waals surface area (Å²) in [5.41, 5.74) is 1.29. The Balaban J connectivity index is 1.97. The van der Waals surface area contributed by atoms with Crippen LogP contribution in [-0.4, -0.2) is 17.0 Å². The predicted octanol–water partition coefficient (Wildman–Crippen LogP) is 5.03. The highest BCUT2D eigenvalue weighted by Gasteiger charge is 2.22. The monoisotopic (exact) mass is 455 g/mol. The third-order valence-corrected chi connectivity index (χ3v) is 5.88. The molecular weight excluding hydrogens is 445 g/mol. The maximum absolute atomic E-state index is 12.4. The Morgan fingerprint density at radius 2 is 1.87 bits per heavy atom. The fourth-order valence-electron chi connectivity index (χ4n) is 2.09. The third-order valence-electron chi connectivity index (χ3n) is 3.14. The van der Waals surface area contributed by atoms with Crippen LogP contribution < -0.4 is 5.32 Å². The van der Waals surface area contributed by atoms with Crippen molar-refractivity contribution < 1.29 is 14.7 Å². The second-order valence-electron chi connectivity index (χ2n) is 4.57. The van der Waals surface area contributed by atoms with E-state index in [1.165, 1.54) is 22.7 Å². The van der Waals surface area contributed by atoms with Gasteiger partial charge in [-0.15, -0.1) is 22.7 Å². The quantitative estimate of drug-likeness (QED) is 0.543. The van der Waals surface area contributed by atoms with Crippen molar-refractivity contribution in [2.45, 2.75) is 0 Å². The number of hydrogen-bond acceptors (Lipinski definition) is 4. The summed E-state index contributed by atoms with van der Waals surface area (Å²) in [5, 5.41) is 16.3. The minimum atomic E-state index is -1.05. The number of rotatable bonds is 4. The van der Waals surface area contributed by atoms with Gasteiger partial charge in [0.1, 0.15) is 10.6 Å². The molecule has 2 aromatic heterocycles. The van der Waals surface area contributed by atoms with Gasteiger partial charge in [-0.1, -0.05) is 18.2 Å². The molecule has 0 aliphatic rings. The molecule has 7 heteroatoms. The molecule has 4 nitrogen and oxygen atoms in total. The van der Waals surface area contributed by atoms with Crippen LogP contribution in [0.5, 0.6) is 0 Å². The van der Waals surface area contributed by atoms with Crippen LogP contribution in [0.3, 0.4) is 0 Å². The van der Waals surface area contributed by atoms with Crippen LogP contribution in [0.15, 0.2) is 47.2 Å². The number of hydrogen-bond donors (Lipinski definition) is 2. The summed E-state index contributed by atoms with van der Waals surface area (Å²) in [5.74, 6) is -1.36. The minimum absolute atomic E-state index is 0.136. The number of carboxylic acid groups (broad SMARTS) is 1. The number of thiophene rings is 2. The van der Waals surface area contributed by atoms with Crippen LogP contribution in [0.1, 0.15) is 20.7 Å². The number of nitrogens with one attached hydrogen (secondary N) is 1. The summed E-state index contributed by atoms with van der Waals surface area (Å²) >= 11 is 4.77. The van der Waals surface area contributed by atoms with Gasteiger partial charge >= 0.3 is 5.97 Å². The molecular formula is C16H10INO3S2. The fraction of sp³-hybridized carbons (Fsp3) is 0. The molecule has 0 radical (unpaired) electrons. The van der Waals surface area contributed by atoms with E-state index in [4.69, 9.17) is 0 Å². The lowest BCUT2D eigenvalue weighted by Gasteiger charge is -2.06. The minimum Gasteiger partial charge on any atom is -0.478 e. The van der Waals surface area contributed by atoms with Crippen LogP contribution >= 0.6 is 45.3 Å². The molecule has 2 N–H and O–H groups in total. The number of benzene rings is 1. The average Bonchev–Trinajstić information content (AvgIpc) is 3.16. The molecule has 0 aliphatic carbocycles. The molecule has 23 heavy (non-hydrogen) atoms. The maximum atomic E-state index is 12.4. The summed E-state index contributed by atoms with van der Waals surface area (Å²) in [7, 11) is 0. The van der Waals surface area contributed by atoms with Gasteiger partial charge in [0.25, 0.3) is 5.91 Å². The van der Waals surface area contributed by atoms with Crippen molar-refractivity contribution in [1.82, 2.24) is 0 Å². The molecule has 1 amide bonds. The third kappa shape index (κ3) is 3.31. The Hall–Kier alpha value is -1.71. The largest absolute Gasteiger partial charge is 0.478 e. The molecule has 0 saturated heterocycles. The number of anilines is 1. The zero-order valence-corrected chi connectivity index (χ0v) is 15.4. The standard InChI is InChI=1S/C16H10INO3S2/c17-11-5-2-1-4-9(11)14(19)18-15-13(16(20)21)10(8-23-15)12-6-3-7-22-12/h1-8H,(H,18,19)(H,20,21). The Morgan fingerprint density at radius 1 is 1.09 bits per heavy atom. The molecule has 0 saturated carbocycles. The van der Waals surface area contributed by atoms with Gasteiger partial charge in [0.15, 0.2) is 0 Å². The number of carboxylic acids is 1.